The van der Waals surface area contributed by atoms with E-state index in [1.54, 1.807) is 30.3 Å². The van der Waals surface area contributed by atoms with Gasteiger partial charge in [0.15, 0.2) is 11.5 Å². The van der Waals surface area contributed by atoms with Crippen molar-refractivity contribution in [2.24, 2.45) is 0 Å². The summed E-state index contributed by atoms with van der Waals surface area (Å²) in [7, 11) is -4.09. The summed E-state index contributed by atoms with van der Waals surface area (Å²) < 4.78 is 43.3. The Morgan fingerprint density at radius 2 is 1.84 bits per heavy atom. The highest BCUT2D eigenvalue weighted by Crippen LogP contribution is 2.34. The van der Waals surface area contributed by atoms with Crippen molar-refractivity contribution in [3.05, 3.63) is 70.6 Å². The smallest absolute Gasteiger partial charge is 0.244 e. The van der Waals surface area contributed by atoms with E-state index in [1.807, 2.05) is 0 Å². The second-order valence-corrected chi connectivity index (χ2v) is 9.30. The topological polar surface area (TPSA) is 98.1 Å². The number of hydrogen-bond acceptors (Lipinski definition) is 6. The minimum absolute atomic E-state index is 0.0884. The highest BCUT2D eigenvalue weighted by molar-refractivity contribution is 7.89. The number of anilines is 1. The third-order valence-electron chi connectivity index (χ3n) is 4.42. The van der Waals surface area contributed by atoms with E-state index < -0.39 is 22.5 Å². The van der Waals surface area contributed by atoms with Gasteiger partial charge in [-0.25, -0.2) is 8.42 Å². The van der Waals surface area contributed by atoms with Crippen LogP contribution < -0.4 is 14.8 Å². The molecule has 0 spiro atoms. The van der Waals surface area contributed by atoms with E-state index in [1.165, 1.54) is 24.5 Å². The summed E-state index contributed by atoms with van der Waals surface area (Å²) in [5, 5.41) is 2.98. The summed E-state index contributed by atoms with van der Waals surface area (Å²) in [5.74, 6) is 0.891. The van der Waals surface area contributed by atoms with Crippen LogP contribution in [-0.4, -0.2) is 32.0 Å². The summed E-state index contributed by atoms with van der Waals surface area (Å²) >= 11 is 11.9. The molecule has 1 aliphatic heterocycles. The Morgan fingerprint density at radius 1 is 1.03 bits per heavy atom. The zero-order valence-corrected chi connectivity index (χ0v) is 18.2. The van der Waals surface area contributed by atoms with Gasteiger partial charge in [0.2, 0.25) is 22.7 Å². The van der Waals surface area contributed by atoms with Crippen LogP contribution in [0.5, 0.6) is 11.5 Å². The van der Waals surface area contributed by atoms with Gasteiger partial charge in [-0.1, -0.05) is 23.2 Å². The first kappa shape index (κ1) is 21.5. The van der Waals surface area contributed by atoms with Gasteiger partial charge in [0, 0.05) is 11.8 Å². The molecule has 162 valence electrons. The number of furan rings is 1. The number of carbonyl (C=O) groups excluding carboxylic acids is 1. The van der Waals surface area contributed by atoms with E-state index in [9.17, 15) is 13.2 Å². The quantitative estimate of drug-likeness (QED) is 0.543. The van der Waals surface area contributed by atoms with Crippen LogP contribution >= 0.6 is 23.2 Å². The van der Waals surface area contributed by atoms with Crippen LogP contribution in [0.4, 0.5) is 5.69 Å². The van der Waals surface area contributed by atoms with Crippen molar-refractivity contribution >= 4 is 44.8 Å². The Balaban J connectivity index is 1.57. The van der Waals surface area contributed by atoms with E-state index in [0.29, 0.717) is 22.9 Å². The molecular formula is C20H16Cl2N2O6S. The summed E-state index contributed by atoms with van der Waals surface area (Å²) in [4.78, 5) is 12.6. The number of carbonyl (C=O) groups is 1. The number of hydrogen-bond donors (Lipinski definition) is 1. The van der Waals surface area contributed by atoms with E-state index in [2.05, 4.69) is 5.32 Å². The number of fused-ring (bicyclic) bond motifs is 1. The first-order valence-electron chi connectivity index (χ1n) is 9.00. The van der Waals surface area contributed by atoms with Gasteiger partial charge in [0.05, 0.1) is 34.3 Å². The van der Waals surface area contributed by atoms with Crippen molar-refractivity contribution in [3.63, 3.8) is 0 Å². The molecule has 31 heavy (non-hydrogen) atoms. The van der Waals surface area contributed by atoms with Crippen LogP contribution in [0.1, 0.15) is 5.76 Å². The predicted octanol–water partition coefficient (Wildman–Crippen LogP) is 4.14. The fraction of sp³-hybridized carbons (Fsp3) is 0.150. The van der Waals surface area contributed by atoms with Crippen LogP contribution in [0.3, 0.4) is 0 Å². The molecule has 3 aromatic rings. The highest BCUT2D eigenvalue weighted by atomic mass is 35.5. The number of benzene rings is 2. The Kier molecular flexibility index (Phi) is 6.10. The number of rotatable bonds is 7. The third-order valence-corrected chi connectivity index (χ3v) is 6.94. The molecule has 0 saturated carbocycles. The molecule has 0 saturated heterocycles. The lowest BCUT2D eigenvalue weighted by Crippen LogP contribution is -2.37. The third kappa shape index (κ3) is 4.80. The molecule has 0 unspecified atom stereocenters. The molecule has 0 bridgehead atoms. The van der Waals surface area contributed by atoms with Gasteiger partial charge in [-0.2, -0.15) is 4.31 Å². The Morgan fingerprint density at radius 3 is 2.58 bits per heavy atom. The lowest BCUT2D eigenvalue weighted by Gasteiger charge is -2.21. The lowest BCUT2D eigenvalue weighted by atomic mass is 10.3. The molecule has 8 nitrogen and oxygen atoms in total. The van der Waals surface area contributed by atoms with Crippen molar-refractivity contribution in [1.29, 1.82) is 0 Å². The number of nitrogens with one attached hydrogen (secondary N) is 1. The molecule has 1 amide bonds. The molecule has 0 fully saturated rings. The number of amides is 1. The molecule has 2 aromatic carbocycles. The molecule has 0 radical (unpaired) electrons. The first-order valence-corrected chi connectivity index (χ1v) is 11.2. The Bertz CT molecular complexity index is 1210. The second-order valence-electron chi connectivity index (χ2n) is 6.54. The SMILES string of the molecule is O=C(CN(Cc1ccco1)S(=O)(=O)c1ccc(Cl)c(Cl)c1)Nc1ccc2c(c1)OCO2. The minimum atomic E-state index is -4.09. The molecule has 4 rings (SSSR count). The van der Waals surface area contributed by atoms with Gasteiger partial charge in [-0.3, -0.25) is 4.79 Å². The van der Waals surface area contributed by atoms with Crippen LogP contribution in [0.25, 0.3) is 0 Å². The average Bonchev–Trinajstić information content (AvgIpc) is 3.40. The zero-order chi connectivity index (χ0) is 22.0. The molecule has 0 atom stereocenters. The lowest BCUT2D eigenvalue weighted by molar-refractivity contribution is -0.116. The van der Waals surface area contributed by atoms with Crippen LogP contribution in [0.15, 0.2) is 64.1 Å². The van der Waals surface area contributed by atoms with Crippen molar-refractivity contribution in [1.82, 2.24) is 4.31 Å². The normalized spacial score (nSPS) is 12.9. The van der Waals surface area contributed by atoms with Crippen molar-refractivity contribution in [3.8, 4) is 11.5 Å². The van der Waals surface area contributed by atoms with Gasteiger partial charge >= 0.3 is 0 Å². The van der Waals surface area contributed by atoms with E-state index in [4.69, 9.17) is 37.1 Å². The summed E-state index contributed by atoms with van der Waals surface area (Å²) in [6.45, 7) is -0.507. The standard InChI is InChI=1S/C20H16Cl2N2O6S/c21-16-5-4-15(9-17(16)22)31(26,27)24(10-14-2-1-7-28-14)11-20(25)23-13-3-6-18-19(8-13)30-12-29-18/h1-9H,10-12H2,(H,23,25). The van der Waals surface area contributed by atoms with Crippen molar-refractivity contribution < 1.29 is 27.1 Å². The number of sulfonamides is 1. The second kappa shape index (κ2) is 8.80. The van der Waals surface area contributed by atoms with Crippen molar-refractivity contribution in [2.75, 3.05) is 18.7 Å². The van der Waals surface area contributed by atoms with E-state index in [-0.39, 0.29) is 28.3 Å². The maximum atomic E-state index is 13.2. The molecular weight excluding hydrogens is 467 g/mol. The van der Waals surface area contributed by atoms with Gasteiger partial charge in [0.1, 0.15) is 5.76 Å². The largest absolute Gasteiger partial charge is 0.468 e. The van der Waals surface area contributed by atoms with Crippen LogP contribution in [0, 0.1) is 0 Å². The van der Waals surface area contributed by atoms with Gasteiger partial charge in [-0.05, 0) is 42.5 Å². The molecule has 0 aliphatic carbocycles. The fourth-order valence-corrected chi connectivity index (χ4v) is 4.68. The maximum Gasteiger partial charge on any atom is 0.244 e. The number of ether oxygens (including phenoxy) is 2. The van der Waals surface area contributed by atoms with Gasteiger partial charge in [-0.15, -0.1) is 0 Å². The van der Waals surface area contributed by atoms with Crippen molar-refractivity contribution in [2.45, 2.75) is 11.4 Å². The minimum Gasteiger partial charge on any atom is -0.468 e. The summed E-state index contributed by atoms with van der Waals surface area (Å²) in [5.41, 5.74) is 0.444. The molecule has 1 aliphatic rings. The monoisotopic (exact) mass is 482 g/mol. The Labute approximate surface area is 188 Å². The fourth-order valence-electron chi connectivity index (χ4n) is 2.92. The maximum absolute atomic E-state index is 13.2. The Hall–Kier alpha value is -2.72. The van der Waals surface area contributed by atoms with Gasteiger partial charge in [0.25, 0.3) is 0 Å². The van der Waals surface area contributed by atoms with Crippen LogP contribution in [0.2, 0.25) is 10.0 Å². The summed E-state index contributed by atoms with van der Waals surface area (Å²) in [6.07, 6.45) is 1.42. The first-order chi connectivity index (χ1) is 14.8. The molecule has 1 N–H and O–H groups in total. The van der Waals surface area contributed by atoms with E-state index in [0.717, 1.165) is 4.31 Å². The predicted molar refractivity (Wildman–Crippen MR) is 114 cm³/mol. The summed E-state index contributed by atoms with van der Waals surface area (Å²) in [6, 6.07) is 12.1. The number of nitrogens with zero attached hydrogens (tertiary/aromatic N) is 1. The molecule has 11 heteroatoms. The highest BCUT2D eigenvalue weighted by Gasteiger charge is 2.28. The average molecular weight is 483 g/mol. The van der Waals surface area contributed by atoms with Crippen LogP contribution in [-0.2, 0) is 21.4 Å². The number of halogens is 2. The zero-order valence-electron chi connectivity index (χ0n) is 15.9. The van der Waals surface area contributed by atoms with Gasteiger partial charge < -0.3 is 19.2 Å². The molecule has 1 aromatic heterocycles. The van der Waals surface area contributed by atoms with E-state index >= 15 is 0 Å². The molecule has 2 heterocycles.